The lowest BCUT2D eigenvalue weighted by molar-refractivity contribution is 0.518. The third kappa shape index (κ3) is 31.0. The van der Waals surface area contributed by atoms with Gasteiger partial charge < -0.3 is 0 Å². The Morgan fingerprint density at radius 3 is 0.774 bits per heavy atom. The Bertz CT molecular complexity index is 329. The Morgan fingerprint density at radius 1 is 0.387 bits per heavy atom. The van der Waals surface area contributed by atoms with E-state index in [1.807, 2.05) is 0 Å². The minimum atomic E-state index is -1.31. The highest BCUT2D eigenvalue weighted by Crippen LogP contribution is 2.20. The van der Waals surface area contributed by atoms with E-state index in [-0.39, 0.29) is 0 Å². The van der Waals surface area contributed by atoms with Crippen molar-refractivity contribution in [1.29, 1.82) is 0 Å². The molecule has 0 atom stereocenters. The standard InChI is InChI=1S/C28H58BrClSi/c1-31(2,30)28-26-24-22-20-18-16-14-12-10-8-6-4-3-5-7-9-11-13-15-17-19-21-23-25-27-29/h3-28H2,1-2H3. The molecule has 0 N–H and O–H groups in total. The van der Waals surface area contributed by atoms with E-state index in [1.165, 1.54) is 165 Å². The van der Waals surface area contributed by atoms with Gasteiger partial charge in [-0.05, 0) is 12.5 Å². The van der Waals surface area contributed by atoms with Crippen LogP contribution in [0.25, 0.3) is 0 Å². The largest absolute Gasteiger partial charge is 0.168 e. The van der Waals surface area contributed by atoms with Gasteiger partial charge in [0.1, 0.15) is 7.38 Å². The van der Waals surface area contributed by atoms with E-state index in [2.05, 4.69) is 29.0 Å². The lowest BCUT2D eigenvalue weighted by Crippen LogP contribution is -2.14. The van der Waals surface area contributed by atoms with Crippen LogP contribution >= 0.6 is 27.0 Å². The van der Waals surface area contributed by atoms with E-state index in [0.717, 1.165) is 0 Å². The molecule has 0 saturated carbocycles. The van der Waals surface area contributed by atoms with Crippen molar-refractivity contribution < 1.29 is 0 Å². The molecule has 0 amide bonds. The van der Waals surface area contributed by atoms with Crippen molar-refractivity contribution in [2.75, 3.05) is 5.33 Å². The highest BCUT2D eigenvalue weighted by atomic mass is 79.9. The summed E-state index contributed by atoms with van der Waals surface area (Å²) in [5.74, 6) is 0. The van der Waals surface area contributed by atoms with Gasteiger partial charge in [-0.25, -0.2) is 0 Å². The normalized spacial score (nSPS) is 12.0. The molecule has 0 nitrogen and oxygen atoms in total. The summed E-state index contributed by atoms with van der Waals surface area (Å²) < 4.78 is 0. The fraction of sp³-hybridized carbons (Fsp3) is 1.00. The van der Waals surface area contributed by atoms with E-state index in [4.69, 9.17) is 11.1 Å². The van der Waals surface area contributed by atoms with Gasteiger partial charge in [0, 0.05) is 5.33 Å². The van der Waals surface area contributed by atoms with Crippen molar-refractivity contribution in [2.24, 2.45) is 0 Å². The second-order valence-corrected chi connectivity index (χ2v) is 18.4. The molecule has 31 heavy (non-hydrogen) atoms. The highest BCUT2D eigenvalue weighted by molar-refractivity contribution is 9.09. The fourth-order valence-electron chi connectivity index (χ4n) is 4.53. The van der Waals surface area contributed by atoms with E-state index in [0.29, 0.717) is 0 Å². The summed E-state index contributed by atoms with van der Waals surface area (Å²) in [7, 11) is -1.31. The summed E-state index contributed by atoms with van der Waals surface area (Å²) in [6.07, 6.45) is 34.9. The zero-order valence-electron chi connectivity index (χ0n) is 21.6. The minimum absolute atomic E-state index is 1.18. The number of rotatable bonds is 26. The van der Waals surface area contributed by atoms with Crippen LogP contribution in [0.2, 0.25) is 19.1 Å². The molecule has 0 aliphatic carbocycles. The number of hydrogen-bond donors (Lipinski definition) is 0. The van der Waals surface area contributed by atoms with E-state index in [1.54, 1.807) is 0 Å². The van der Waals surface area contributed by atoms with Gasteiger partial charge in [-0.3, -0.25) is 0 Å². The Kier molecular flexibility index (Phi) is 26.4. The first-order valence-corrected chi connectivity index (χ1v) is 19.7. The Labute approximate surface area is 212 Å². The highest BCUT2D eigenvalue weighted by Gasteiger charge is 2.15. The molecule has 0 fully saturated rings. The summed E-state index contributed by atoms with van der Waals surface area (Å²) in [6.45, 7) is 4.54. The molecule has 0 aromatic heterocycles. The smallest absolute Gasteiger partial charge is 0.150 e. The number of alkyl halides is 1. The summed E-state index contributed by atoms with van der Waals surface area (Å²) >= 11 is 9.89. The van der Waals surface area contributed by atoms with Crippen LogP contribution in [0.3, 0.4) is 0 Å². The van der Waals surface area contributed by atoms with Crippen molar-refractivity contribution >= 4 is 34.4 Å². The van der Waals surface area contributed by atoms with Gasteiger partial charge in [0.15, 0.2) is 0 Å². The van der Waals surface area contributed by atoms with E-state index < -0.39 is 7.38 Å². The molecule has 3 heteroatoms. The quantitative estimate of drug-likeness (QED) is 0.0445. The maximum Gasteiger partial charge on any atom is 0.150 e. The minimum Gasteiger partial charge on any atom is -0.168 e. The van der Waals surface area contributed by atoms with Gasteiger partial charge in [-0.1, -0.05) is 177 Å². The van der Waals surface area contributed by atoms with Gasteiger partial charge in [-0.2, -0.15) is 11.1 Å². The molecule has 0 bridgehead atoms. The fourth-order valence-corrected chi connectivity index (χ4v) is 6.42. The van der Waals surface area contributed by atoms with Crippen LogP contribution in [0.4, 0.5) is 0 Å². The molecule has 0 rings (SSSR count). The molecule has 0 unspecified atom stereocenters. The van der Waals surface area contributed by atoms with Crippen molar-refractivity contribution in [3.8, 4) is 0 Å². The maximum atomic E-state index is 6.38. The van der Waals surface area contributed by atoms with Crippen LogP contribution < -0.4 is 0 Å². The maximum absolute atomic E-state index is 6.38. The molecule has 0 aromatic carbocycles. The first-order chi connectivity index (χ1) is 15.1. The first-order valence-electron chi connectivity index (χ1n) is 14.3. The van der Waals surface area contributed by atoms with Crippen molar-refractivity contribution in [2.45, 2.75) is 173 Å². The first kappa shape index (κ1) is 32.0. The summed E-state index contributed by atoms with van der Waals surface area (Å²) in [4.78, 5) is 0. The summed E-state index contributed by atoms with van der Waals surface area (Å²) in [6, 6.07) is 1.30. The Morgan fingerprint density at radius 2 is 0.581 bits per heavy atom. The van der Waals surface area contributed by atoms with Crippen LogP contribution in [-0.4, -0.2) is 12.7 Å². The average Bonchev–Trinajstić information content (AvgIpc) is 2.73. The number of hydrogen-bond acceptors (Lipinski definition) is 0. The Balaban J connectivity index is 3.02. The van der Waals surface area contributed by atoms with Crippen molar-refractivity contribution in [1.82, 2.24) is 0 Å². The lowest BCUT2D eigenvalue weighted by atomic mass is 10.0. The molecular weight excluding hydrogens is 480 g/mol. The zero-order chi connectivity index (χ0) is 22.9. The van der Waals surface area contributed by atoms with Crippen LogP contribution in [-0.2, 0) is 0 Å². The van der Waals surface area contributed by atoms with Crippen molar-refractivity contribution in [3.05, 3.63) is 0 Å². The van der Waals surface area contributed by atoms with Gasteiger partial charge in [-0.15, -0.1) is 0 Å². The SMILES string of the molecule is C[Si](C)(Cl)CCCCCCCCCCCCCCCCCCCCCCCCCCBr. The van der Waals surface area contributed by atoms with E-state index >= 15 is 0 Å². The third-order valence-corrected chi connectivity index (χ3v) is 9.33. The lowest BCUT2D eigenvalue weighted by Gasteiger charge is -2.11. The second-order valence-electron chi connectivity index (χ2n) is 10.6. The zero-order valence-corrected chi connectivity index (χ0v) is 25.0. The topological polar surface area (TPSA) is 0 Å². The summed E-state index contributed by atoms with van der Waals surface area (Å²) in [5, 5.41) is 1.18. The molecule has 0 aliphatic heterocycles. The third-order valence-electron chi connectivity index (χ3n) is 6.65. The molecule has 0 aromatic rings. The molecule has 0 aliphatic rings. The molecular formula is C28H58BrClSi. The van der Waals surface area contributed by atoms with Crippen LogP contribution in [0, 0.1) is 0 Å². The molecule has 0 heterocycles. The molecule has 0 saturated heterocycles. The Hall–Kier alpha value is 0.987. The summed E-state index contributed by atoms with van der Waals surface area (Å²) in [5.41, 5.74) is 0. The van der Waals surface area contributed by atoms with Crippen LogP contribution in [0.5, 0.6) is 0 Å². The second kappa shape index (κ2) is 25.6. The average molecular weight is 538 g/mol. The van der Waals surface area contributed by atoms with Crippen LogP contribution in [0.1, 0.15) is 154 Å². The predicted octanol–water partition coefficient (Wildman–Crippen LogP) is 12.2. The number of unbranched alkanes of at least 4 members (excludes halogenated alkanes) is 23. The van der Waals surface area contributed by atoms with Gasteiger partial charge in [0.05, 0.1) is 0 Å². The van der Waals surface area contributed by atoms with Gasteiger partial charge in [0.25, 0.3) is 0 Å². The monoisotopic (exact) mass is 536 g/mol. The van der Waals surface area contributed by atoms with Gasteiger partial charge >= 0.3 is 0 Å². The van der Waals surface area contributed by atoms with E-state index in [9.17, 15) is 0 Å². The number of halogens is 2. The van der Waals surface area contributed by atoms with Crippen LogP contribution in [0.15, 0.2) is 0 Å². The van der Waals surface area contributed by atoms with Crippen molar-refractivity contribution in [3.63, 3.8) is 0 Å². The predicted molar refractivity (Wildman–Crippen MR) is 153 cm³/mol. The molecule has 0 spiro atoms. The van der Waals surface area contributed by atoms with Gasteiger partial charge in [0.2, 0.25) is 0 Å². The molecule has 0 radical (unpaired) electrons. The molecule has 188 valence electrons.